The van der Waals surface area contributed by atoms with Crippen LogP contribution < -0.4 is 4.74 Å². The second kappa shape index (κ2) is 7.41. The molecule has 3 nitrogen and oxygen atoms in total. The monoisotopic (exact) mass is 334 g/mol. The minimum atomic E-state index is -0.0891. The SMILES string of the molecule is Cc1cc(O)cc(C)c1-c1ccc(OCc2ccccc2)c(CO)c1. The van der Waals surface area contributed by atoms with Crippen molar-refractivity contribution < 1.29 is 14.9 Å². The molecule has 0 unspecified atom stereocenters. The first-order valence-corrected chi connectivity index (χ1v) is 8.29. The summed E-state index contributed by atoms with van der Waals surface area (Å²) in [5.41, 5.74) is 5.91. The molecule has 3 aromatic rings. The van der Waals surface area contributed by atoms with Crippen molar-refractivity contribution in [2.45, 2.75) is 27.1 Å². The fourth-order valence-electron chi connectivity index (χ4n) is 3.13. The average Bonchev–Trinajstić information content (AvgIpc) is 2.60. The summed E-state index contributed by atoms with van der Waals surface area (Å²) in [5, 5.41) is 19.5. The van der Waals surface area contributed by atoms with Crippen molar-refractivity contribution in [2.75, 3.05) is 0 Å². The van der Waals surface area contributed by atoms with Crippen LogP contribution in [0.15, 0.2) is 60.7 Å². The number of phenols is 1. The summed E-state index contributed by atoms with van der Waals surface area (Å²) < 4.78 is 5.88. The van der Waals surface area contributed by atoms with Gasteiger partial charge in [-0.05, 0) is 65.9 Å². The van der Waals surface area contributed by atoms with Gasteiger partial charge in [-0.1, -0.05) is 36.4 Å². The number of hydrogen-bond acceptors (Lipinski definition) is 3. The number of aryl methyl sites for hydroxylation is 2. The summed E-state index contributed by atoms with van der Waals surface area (Å²) in [6, 6.07) is 19.3. The zero-order valence-electron chi connectivity index (χ0n) is 14.5. The van der Waals surface area contributed by atoms with Crippen molar-refractivity contribution >= 4 is 0 Å². The molecule has 0 aromatic heterocycles. The Bertz CT molecular complexity index is 847. The van der Waals surface area contributed by atoms with E-state index < -0.39 is 0 Å². The number of ether oxygens (including phenoxy) is 1. The highest BCUT2D eigenvalue weighted by atomic mass is 16.5. The highest BCUT2D eigenvalue weighted by Gasteiger charge is 2.11. The van der Waals surface area contributed by atoms with Gasteiger partial charge in [0.15, 0.2) is 0 Å². The van der Waals surface area contributed by atoms with Crippen LogP contribution in [0, 0.1) is 13.8 Å². The molecule has 0 saturated carbocycles. The second-order valence-corrected chi connectivity index (χ2v) is 6.21. The van der Waals surface area contributed by atoms with Crippen LogP contribution in [0.25, 0.3) is 11.1 Å². The van der Waals surface area contributed by atoms with E-state index in [1.54, 1.807) is 12.1 Å². The van der Waals surface area contributed by atoms with E-state index in [1.807, 2.05) is 62.4 Å². The lowest BCUT2D eigenvalue weighted by molar-refractivity contribution is 0.259. The molecule has 0 spiro atoms. The van der Waals surface area contributed by atoms with E-state index in [0.717, 1.165) is 33.4 Å². The van der Waals surface area contributed by atoms with Gasteiger partial charge in [0.1, 0.15) is 18.1 Å². The van der Waals surface area contributed by atoms with Crippen molar-refractivity contribution in [3.63, 3.8) is 0 Å². The number of aliphatic hydroxyl groups is 1. The molecule has 0 bridgehead atoms. The first-order chi connectivity index (χ1) is 12.1. The molecule has 3 heteroatoms. The van der Waals surface area contributed by atoms with Crippen molar-refractivity contribution in [3.8, 4) is 22.6 Å². The number of phenolic OH excluding ortho intramolecular Hbond substituents is 1. The smallest absolute Gasteiger partial charge is 0.125 e. The highest BCUT2D eigenvalue weighted by Crippen LogP contribution is 2.33. The van der Waals surface area contributed by atoms with Crippen LogP contribution in [0.1, 0.15) is 22.3 Å². The summed E-state index contributed by atoms with van der Waals surface area (Å²) in [5.74, 6) is 0.952. The highest BCUT2D eigenvalue weighted by molar-refractivity contribution is 5.73. The molecule has 0 aliphatic heterocycles. The maximum absolute atomic E-state index is 9.75. The molecule has 0 amide bonds. The zero-order valence-corrected chi connectivity index (χ0v) is 14.5. The van der Waals surface area contributed by atoms with E-state index in [9.17, 15) is 10.2 Å². The Morgan fingerprint density at radius 1 is 0.880 bits per heavy atom. The van der Waals surface area contributed by atoms with Crippen LogP contribution in [0.3, 0.4) is 0 Å². The van der Waals surface area contributed by atoms with Crippen molar-refractivity contribution in [1.82, 2.24) is 0 Å². The summed E-state index contributed by atoms with van der Waals surface area (Å²) in [4.78, 5) is 0. The lowest BCUT2D eigenvalue weighted by atomic mass is 9.94. The van der Waals surface area contributed by atoms with Gasteiger partial charge < -0.3 is 14.9 Å². The average molecular weight is 334 g/mol. The maximum atomic E-state index is 9.75. The lowest BCUT2D eigenvalue weighted by Crippen LogP contribution is -1.99. The normalized spacial score (nSPS) is 10.7. The Kier molecular flexibility index (Phi) is 5.05. The molecule has 0 aliphatic carbocycles. The molecule has 0 aliphatic rings. The van der Waals surface area contributed by atoms with Gasteiger partial charge in [-0.2, -0.15) is 0 Å². The van der Waals surface area contributed by atoms with E-state index >= 15 is 0 Å². The molecular weight excluding hydrogens is 312 g/mol. The Morgan fingerprint density at radius 3 is 2.20 bits per heavy atom. The van der Waals surface area contributed by atoms with E-state index in [2.05, 4.69) is 0 Å². The molecule has 0 saturated heterocycles. The van der Waals surface area contributed by atoms with Crippen LogP contribution in [0.4, 0.5) is 0 Å². The van der Waals surface area contributed by atoms with E-state index in [1.165, 1.54) is 0 Å². The predicted octanol–water partition coefficient (Wildman–Crippen LogP) is 4.75. The molecule has 0 heterocycles. The standard InChI is InChI=1S/C22H22O3/c1-15-10-20(24)11-16(2)22(15)18-8-9-21(19(12-18)13-23)25-14-17-6-4-3-5-7-17/h3-12,23-24H,13-14H2,1-2H3. The number of benzene rings is 3. The van der Waals surface area contributed by atoms with Gasteiger partial charge in [-0.15, -0.1) is 0 Å². The Hall–Kier alpha value is -2.78. The predicted molar refractivity (Wildman–Crippen MR) is 99.7 cm³/mol. The summed E-state index contributed by atoms with van der Waals surface area (Å²) in [7, 11) is 0. The molecule has 0 atom stereocenters. The van der Waals surface area contributed by atoms with Gasteiger partial charge >= 0.3 is 0 Å². The van der Waals surface area contributed by atoms with Gasteiger partial charge in [0, 0.05) is 5.56 Å². The Balaban J connectivity index is 1.90. The third-order valence-corrected chi connectivity index (χ3v) is 4.27. The summed E-state index contributed by atoms with van der Waals surface area (Å²) in [6.07, 6.45) is 0. The van der Waals surface area contributed by atoms with Crippen LogP contribution in [0.2, 0.25) is 0 Å². The Morgan fingerprint density at radius 2 is 1.56 bits per heavy atom. The van der Waals surface area contributed by atoms with Gasteiger partial charge in [-0.25, -0.2) is 0 Å². The molecule has 3 rings (SSSR count). The van der Waals surface area contributed by atoms with Crippen molar-refractivity contribution in [2.24, 2.45) is 0 Å². The van der Waals surface area contributed by atoms with E-state index in [0.29, 0.717) is 12.4 Å². The van der Waals surface area contributed by atoms with Gasteiger partial charge in [0.2, 0.25) is 0 Å². The fraction of sp³-hybridized carbons (Fsp3) is 0.182. The third kappa shape index (κ3) is 3.83. The van der Waals surface area contributed by atoms with Crippen molar-refractivity contribution in [3.05, 3.63) is 82.9 Å². The second-order valence-electron chi connectivity index (χ2n) is 6.21. The topological polar surface area (TPSA) is 49.7 Å². The van der Waals surface area contributed by atoms with Gasteiger partial charge in [-0.3, -0.25) is 0 Å². The van der Waals surface area contributed by atoms with Crippen LogP contribution in [0.5, 0.6) is 11.5 Å². The first kappa shape index (κ1) is 17.1. The lowest BCUT2D eigenvalue weighted by Gasteiger charge is -2.15. The van der Waals surface area contributed by atoms with Crippen LogP contribution in [-0.4, -0.2) is 10.2 Å². The number of aromatic hydroxyl groups is 1. The molecule has 2 N–H and O–H groups in total. The van der Waals surface area contributed by atoms with E-state index in [4.69, 9.17) is 4.74 Å². The number of rotatable bonds is 5. The quantitative estimate of drug-likeness (QED) is 0.708. The number of aliphatic hydroxyl groups excluding tert-OH is 1. The van der Waals surface area contributed by atoms with Crippen LogP contribution in [-0.2, 0) is 13.2 Å². The summed E-state index contributed by atoms with van der Waals surface area (Å²) >= 11 is 0. The minimum Gasteiger partial charge on any atom is -0.508 e. The molecule has 0 fully saturated rings. The first-order valence-electron chi connectivity index (χ1n) is 8.29. The molecule has 0 radical (unpaired) electrons. The minimum absolute atomic E-state index is 0.0891. The van der Waals surface area contributed by atoms with Gasteiger partial charge in [0.05, 0.1) is 6.61 Å². The number of hydrogen-bond donors (Lipinski definition) is 2. The maximum Gasteiger partial charge on any atom is 0.125 e. The fourth-order valence-corrected chi connectivity index (χ4v) is 3.13. The van der Waals surface area contributed by atoms with Crippen molar-refractivity contribution in [1.29, 1.82) is 0 Å². The molecule has 3 aromatic carbocycles. The summed E-state index contributed by atoms with van der Waals surface area (Å²) in [6.45, 7) is 4.32. The molecule has 128 valence electrons. The largest absolute Gasteiger partial charge is 0.508 e. The zero-order chi connectivity index (χ0) is 17.8. The molecular formula is C22H22O3. The van der Waals surface area contributed by atoms with Crippen LogP contribution >= 0.6 is 0 Å². The molecule has 25 heavy (non-hydrogen) atoms. The third-order valence-electron chi connectivity index (χ3n) is 4.27. The van der Waals surface area contributed by atoms with E-state index in [-0.39, 0.29) is 12.4 Å². The van der Waals surface area contributed by atoms with Gasteiger partial charge in [0.25, 0.3) is 0 Å². The Labute approximate surface area is 148 Å².